The second-order valence-electron chi connectivity index (χ2n) is 5.09. The Morgan fingerprint density at radius 2 is 2.18 bits per heavy atom. The molecule has 2 rings (SSSR count). The number of amides is 1. The predicted molar refractivity (Wildman–Crippen MR) is 79.9 cm³/mol. The van der Waals surface area contributed by atoms with Crippen molar-refractivity contribution in [1.82, 2.24) is 10.5 Å². The number of hydrogen-bond acceptors (Lipinski definition) is 4. The Labute approximate surface area is 128 Å². The molecule has 5 nitrogen and oxygen atoms in total. The number of carbonyl (C=O) groups excluding carboxylic acids is 1. The van der Waals surface area contributed by atoms with Gasteiger partial charge in [0.25, 0.3) is 5.91 Å². The van der Waals surface area contributed by atoms with Gasteiger partial charge in [0.2, 0.25) is 0 Å². The molecule has 6 heteroatoms. The van der Waals surface area contributed by atoms with Crippen LogP contribution in [0.3, 0.4) is 0 Å². The summed E-state index contributed by atoms with van der Waals surface area (Å²) in [6, 6.07) is 7.60. The number of carbonyl (C=O) groups is 1. The molecule has 0 saturated carbocycles. The maximum absolute atomic E-state index is 13.6. The summed E-state index contributed by atoms with van der Waals surface area (Å²) in [5.74, 6) is -0.543. The Balaban J connectivity index is 1.88. The number of nitrogens with zero attached hydrogens (tertiary/aromatic N) is 1. The van der Waals surface area contributed by atoms with Crippen LogP contribution in [0, 0.1) is 5.82 Å². The molecule has 22 heavy (non-hydrogen) atoms. The molecule has 0 aliphatic rings. The third kappa shape index (κ3) is 4.39. The van der Waals surface area contributed by atoms with Crippen LogP contribution in [0.25, 0.3) is 11.3 Å². The second kappa shape index (κ2) is 7.70. The summed E-state index contributed by atoms with van der Waals surface area (Å²) in [5, 5.41) is 6.39. The summed E-state index contributed by atoms with van der Waals surface area (Å²) >= 11 is 0. The second-order valence-corrected chi connectivity index (χ2v) is 5.09. The minimum Gasteiger partial charge on any atom is -0.379 e. The first-order valence-corrected chi connectivity index (χ1v) is 7.19. The van der Waals surface area contributed by atoms with Crippen molar-refractivity contribution in [3.63, 3.8) is 0 Å². The highest BCUT2D eigenvalue weighted by atomic mass is 19.1. The molecule has 1 aromatic carbocycles. The van der Waals surface area contributed by atoms with Gasteiger partial charge in [0.15, 0.2) is 11.5 Å². The summed E-state index contributed by atoms with van der Waals surface area (Å²) < 4.78 is 24.0. The molecule has 0 aliphatic heterocycles. The number of hydrogen-bond donors (Lipinski definition) is 1. The largest absolute Gasteiger partial charge is 0.379 e. The Hall–Kier alpha value is -2.21. The fourth-order valence-corrected chi connectivity index (χ4v) is 1.85. The molecule has 0 spiro atoms. The third-order valence-corrected chi connectivity index (χ3v) is 2.94. The fraction of sp³-hybridized carbons (Fsp3) is 0.375. The van der Waals surface area contributed by atoms with Crippen LogP contribution in [0.15, 0.2) is 34.9 Å². The number of benzene rings is 1. The number of ether oxygens (including phenoxy) is 1. The van der Waals surface area contributed by atoms with Crippen molar-refractivity contribution in [3.05, 3.63) is 41.8 Å². The molecule has 0 saturated heterocycles. The summed E-state index contributed by atoms with van der Waals surface area (Å²) in [6.45, 7) is 4.97. The minimum atomic E-state index is -0.420. The maximum atomic E-state index is 13.6. The first-order chi connectivity index (χ1) is 10.6. The number of halogens is 1. The zero-order valence-corrected chi connectivity index (χ0v) is 12.6. The summed E-state index contributed by atoms with van der Waals surface area (Å²) in [6.07, 6.45) is 0.886. The lowest BCUT2D eigenvalue weighted by Gasteiger charge is -2.07. The normalized spacial score (nSPS) is 10.9. The van der Waals surface area contributed by atoms with E-state index in [4.69, 9.17) is 9.26 Å². The molecule has 0 fully saturated rings. The van der Waals surface area contributed by atoms with Crippen molar-refractivity contribution in [1.29, 1.82) is 0 Å². The van der Waals surface area contributed by atoms with Gasteiger partial charge >= 0.3 is 0 Å². The molecular weight excluding hydrogens is 287 g/mol. The maximum Gasteiger partial charge on any atom is 0.273 e. The highest BCUT2D eigenvalue weighted by Gasteiger charge is 2.15. The van der Waals surface area contributed by atoms with E-state index in [1.165, 1.54) is 12.1 Å². The monoisotopic (exact) mass is 306 g/mol. The highest BCUT2D eigenvalue weighted by molar-refractivity contribution is 5.93. The average Bonchev–Trinajstić information content (AvgIpc) is 2.96. The summed E-state index contributed by atoms with van der Waals surface area (Å²) in [7, 11) is 0. The standard InChI is InChI=1S/C16H19FN2O3/c1-11(2)21-9-5-8-18-16(20)14-10-15(22-19-14)12-6-3-4-7-13(12)17/h3-4,6-7,10-11H,5,8-9H2,1-2H3,(H,18,20). The molecule has 1 amide bonds. The van der Waals surface area contributed by atoms with Crippen LogP contribution in [0.1, 0.15) is 30.8 Å². The molecule has 0 atom stereocenters. The molecule has 1 aromatic heterocycles. The third-order valence-electron chi connectivity index (χ3n) is 2.94. The molecule has 0 radical (unpaired) electrons. The molecule has 0 bridgehead atoms. The van der Waals surface area contributed by atoms with Gasteiger partial charge in [0.1, 0.15) is 5.82 Å². The van der Waals surface area contributed by atoms with E-state index in [1.54, 1.807) is 18.2 Å². The van der Waals surface area contributed by atoms with Gasteiger partial charge < -0.3 is 14.6 Å². The van der Waals surface area contributed by atoms with Crippen molar-refractivity contribution < 1.29 is 18.4 Å². The van der Waals surface area contributed by atoms with Crippen LogP contribution in [0.4, 0.5) is 4.39 Å². The molecule has 2 aromatic rings. The molecule has 0 unspecified atom stereocenters. The number of rotatable bonds is 7. The topological polar surface area (TPSA) is 64.4 Å². The van der Waals surface area contributed by atoms with E-state index in [-0.39, 0.29) is 29.0 Å². The molecule has 118 valence electrons. The van der Waals surface area contributed by atoms with Gasteiger partial charge in [-0.25, -0.2) is 4.39 Å². The van der Waals surface area contributed by atoms with E-state index >= 15 is 0 Å². The summed E-state index contributed by atoms with van der Waals surface area (Å²) in [4.78, 5) is 11.9. The summed E-state index contributed by atoms with van der Waals surface area (Å²) in [5.41, 5.74) is 0.405. The van der Waals surface area contributed by atoms with Crippen molar-refractivity contribution in [3.8, 4) is 11.3 Å². The van der Waals surface area contributed by atoms with Gasteiger partial charge in [-0.05, 0) is 32.4 Å². The highest BCUT2D eigenvalue weighted by Crippen LogP contribution is 2.23. The zero-order valence-electron chi connectivity index (χ0n) is 12.6. The smallest absolute Gasteiger partial charge is 0.273 e. The van der Waals surface area contributed by atoms with Gasteiger partial charge in [0, 0.05) is 19.2 Å². The number of nitrogens with one attached hydrogen (secondary N) is 1. The Bertz CT molecular complexity index is 625. The quantitative estimate of drug-likeness (QED) is 0.799. The van der Waals surface area contributed by atoms with E-state index in [9.17, 15) is 9.18 Å². The average molecular weight is 306 g/mol. The van der Waals surface area contributed by atoms with Crippen molar-refractivity contribution in [2.75, 3.05) is 13.2 Å². The minimum absolute atomic E-state index is 0.128. The van der Waals surface area contributed by atoms with Crippen LogP contribution >= 0.6 is 0 Å². The van der Waals surface area contributed by atoms with E-state index in [0.717, 1.165) is 0 Å². The van der Waals surface area contributed by atoms with Crippen molar-refractivity contribution in [2.24, 2.45) is 0 Å². The van der Waals surface area contributed by atoms with Gasteiger partial charge in [-0.15, -0.1) is 0 Å². The van der Waals surface area contributed by atoms with Crippen molar-refractivity contribution >= 4 is 5.91 Å². The lowest BCUT2D eigenvalue weighted by molar-refractivity contribution is 0.0756. The molecule has 0 aliphatic carbocycles. The van der Waals surface area contributed by atoms with Crippen molar-refractivity contribution in [2.45, 2.75) is 26.4 Å². The van der Waals surface area contributed by atoms with Crippen LogP contribution in [0.5, 0.6) is 0 Å². The van der Waals surface area contributed by atoms with E-state index in [0.29, 0.717) is 19.6 Å². The van der Waals surface area contributed by atoms with Gasteiger partial charge in [-0.1, -0.05) is 17.3 Å². The van der Waals surface area contributed by atoms with Crippen LogP contribution in [-0.4, -0.2) is 30.3 Å². The molecule has 1 heterocycles. The Morgan fingerprint density at radius 1 is 1.41 bits per heavy atom. The first kappa shape index (κ1) is 16.2. The predicted octanol–water partition coefficient (Wildman–Crippen LogP) is 3.03. The molecule has 1 N–H and O–H groups in total. The Morgan fingerprint density at radius 3 is 2.91 bits per heavy atom. The van der Waals surface area contributed by atoms with Crippen LogP contribution in [0.2, 0.25) is 0 Å². The van der Waals surface area contributed by atoms with Gasteiger partial charge in [0.05, 0.1) is 11.7 Å². The van der Waals surface area contributed by atoms with E-state index < -0.39 is 5.82 Å². The van der Waals surface area contributed by atoms with Crippen LogP contribution in [-0.2, 0) is 4.74 Å². The van der Waals surface area contributed by atoms with Gasteiger partial charge in [-0.3, -0.25) is 4.79 Å². The van der Waals surface area contributed by atoms with Crippen LogP contribution < -0.4 is 5.32 Å². The zero-order chi connectivity index (χ0) is 15.9. The Kier molecular flexibility index (Phi) is 5.66. The lowest BCUT2D eigenvalue weighted by atomic mass is 10.1. The number of aromatic nitrogens is 1. The fourth-order valence-electron chi connectivity index (χ4n) is 1.85. The first-order valence-electron chi connectivity index (χ1n) is 7.19. The SMILES string of the molecule is CC(C)OCCCNC(=O)c1cc(-c2ccccc2F)on1. The van der Waals surface area contributed by atoms with E-state index in [2.05, 4.69) is 10.5 Å². The molecular formula is C16H19FN2O3. The van der Waals surface area contributed by atoms with E-state index in [1.807, 2.05) is 13.8 Å². The lowest BCUT2D eigenvalue weighted by Crippen LogP contribution is -2.25. The van der Waals surface area contributed by atoms with Gasteiger partial charge in [-0.2, -0.15) is 0 Å².